The van der Waals surface area contributed by atoms with Crippen LogP contribution in [0.15, 0.2) is 64.5 Å². The first kappa shape index (κ1) is 17.5. The van der Waals surface area contributed by atoms with Crippen molar-refractivity contribution in [3.8, 4) is 17.6 Å². The summed E-state index contributed by atoms with van der Waals surface area (Å²) in [6.07, 6.45) is 0. The van der Waals surface area contributed by atoms with E-state index in [0.717, 1.165) is 10.2 Å². The van der Waals surface area contributed by atoms with Gasteiger partial charge in [-0.25, -0.2) is 4.68 Å². The van der Waals surface area contributed by atoms with Crippen LogP contribution in [0, 0.1) is 18.3 Å². The van der Waals surface area contributed by atoms with E-state index in [2.05, 4.69) is 32.4 Å². The highest BCUT2D eigenvalue weighted by atomic mass is 79.9. The van der Waals surface area contributed by atoms with Crippen LogP contribution in [0.1, 0.15) is 16.8 Å². The number of benzene rings is 2. The van der Waals surface area contributed by atoms with Crippen LogP contribution in [0.2, 0.25) is 0 Å². The molecule has 0 saturated carbocycles. The van der Waals surface area contributed by atoms with E-state index < -0.39 is 5.41 Å². The Bertz CT molecular complexity index is 1270. The molecule has 1 amide bonds. The largest absolute Gasteiger partial charge is 0.422 e. The predicted molar refractivity (Wildman–Crippen MR) is 109 cm³/mol. The molecular formula is C21H14BrN5O2. The van der Waals surface area contributed by atoms with Gasteiger partial charge in [-0.2, -0.15) is 10.4 Å². The average molecular weight is 448 g/mol. The number of halogens is 1. The lowest BCUT2D eigenvalue weighted by atomic mass is 9.69. The van der Waals surface area contributed by atoms with E-state index in [1.807, 2.05) is 42.5 Å². The van der Waals surface area contributed by atoms with Crippen LogP contribution in [0.25, 0.3) is 5.69 Å². The van der Waals surface area contributed by atoms with Crippen molar-refractivity contribution >= 4 is 27.5 Å². The number of nitrogens with zero attached hydrogens (tertiary/aromatic N) is 3. The molecule has 3 heterocycles. The number of fused-ring (bicyclic) bond motifs is 4. The van der Waals surface area contributed by atoms with Gasteiger partial charge in [0.25, 0.3) is 0 Å². The third-order valence-corrected chi connectivity index (χ3v) is 5.80. The van der Waals surface area contributed by atoms with Crippen LogP contribution in [0.3, 0.4) is 0 Å². The third-order valence-electron chi connectivity index (χ3n) is 5.31. The zero-order valence-electron chi connectivity index (χ0n) is 15.2. The Morgan fingerprint density at radius 1 is 1.28 bits per heavy atom. The van der Waals surface area contributed by atoms with Crippen molar-refractivity contribution in [1.82, 2.24) is 9.78 Å². The maximum Gasteiger partial charge on any atom is 0.245 e. The van der Waals surface area contributed by atoms with Gasteiger partial charge >= 0.3 is 0 Å². The highest BCUT2D eigenvalue weighted by Gasteiger charge is 2.58. The van der Waals surface area contributed by atoms with E-state index in [-0.39, 0.29) is 17.4 Å². The number of anilines is 1. The molecule has 3 aromatic rings. The number of hydrogen-bond acceptors (Lipinski definition) is 5. The van der Waals surface area contributed by atoms with E-state index in [4.69, 9.17) is 10.5 Å². The van der Waals surface area contributed by atoms with Gasteiger partial charge in [0.1, 0.15) is 17.1 Å². The summed E-state index contributed by atoms with van der Waals surface area (Å²) in [6.45, 7) is 1.79. The molecule has 2 aliphatic heterocycles. The van der Waals surface area contributed by atoms with Gasteiger partial charge in [0.15, 0.2) is 0 Å². The van der Waals surface area contributed by atoms with Crippen LogP contribution in [0.4, 0.5) is 5.69 Å². The molecule has 0 bridgehead atoms. The Labute approximate surface area is 174 Å². The number of nitrogens with two attached hydrogens (primary N) is 1. The minimum atomic E-state index is -1.43. The number of aryl methyl sites for hydroxylation is 1. The molecule has 7 nitrogen and oxygen atoms in total. The Balaban J connectivity index is 1.91. The molecule has 3 N–H and O–H groups in total. The van der Waals surface area contributed by atoms with Crippen LogP contribution >= 0.6 is 15.9 Å². The average Bonchev–Trinajstić information content (AvgIpc) is 3.18. The monoisotopic (exact) mass is 447 g/mol. The van der Waals surface area contributed by atoms with Gasteiger partial charge < -0.3 is 15.8 Å². The number of nitrogens with one attached hydrogen (secondary N) is 1. The van der Waals surface area contributed by atoms with Crippen LogP contribution < -0.4 is 15.8 Å². The summed E-state index contributed by atoms with van der Waals surface area (Å²) in [5, 5.41) is 17.5. The highest BCUT2D eigenvalue weighted by molar-refractivity contribution is 9.10. The summed E-state index contributed by atoms with van der Waals surface area (Å²) in [5.41, 5.74) is 7.91. The van der Waals surface area contributed by atoms with E-state index in [1.54, 1.807) is 17.7 Å². The molecule has 0 saturated heterocycles. The van der Waals surface area contributed by atoms with Crippen molar-refractivity contribution in [3.05, 3.63) is 81.3 Å². The zero-order valence-corrected chi connectivity index (χ0v) is 16.8. The van der Waals surface area contributed by atoms with Gasteiger partial charge in [-0.05, 0) is 37.3 Å². The van der Waals surface area contributed by atoms with Gasteiger partial charge in [-0.1, -0.05) is 34.1 Å². The van der Waals surface area contributed by atoms with Gasteiger partial charge in [-0.15, -0.1) is 0 Å². The first-order valence-corrected chi connectivity index (χ1v) is 9.63. The summed E-state index contributed by atoms with van der Waals surface area (Å²) in [7, 11) is 0. The molecule has 5 rings (SSSR count). The maximum absolute atomic E-state index is 13.4. The standard InChI is InChI=1S/C21H14BrN5O2/c1-11-17-19(27(26-11)13-5-3-2-4-6-13)29-18(24)15(10-23)21(17)14-9-12(22)7-8-16(14)25-20(21)28/h2-9H,24H2,1H3,(H,25,28)/t21-/m0/s1. The molecule has 0 aliphatic carbocycles. The molecule has 29 heavy (non-hydrogen) atoms. The summed E-state index contributed by atoms with van der Waals surface area (Å²) >= 11 is 3.47. The van der Waals surface area contributed by atoms with Crippen molar-refractivity contribution in [2.24, 2.45) is 5.73 Å². The van der Waals surface area contributed by atoms with Crippen molar-refractivity contribution in [3.63, 3.8) is 0 Å². The molecule has 0 unspecified atom stereocenters. The number of para-hydroxylation sites is 1. The smallest absolute Gasteiger partial charge is 0.245 e. The Morgan fingerprint density at radius 2 is 2.03 bits per heavy atom. The maximum atomic E-state index is 13.4. The molecule has 1 aromatic heterocycles. The normalized spacial score (nSPS) is 19.4. The summed E-state index contributed by atoms with van der Waals surface area (Å²) in [4.78, 5) is 13.4. The second-order valence-electron chi connectivity index (χ2n) is 6.86. The van der Waals surface area contributed by atoms with E-state index >= 15 is 0 Å². The lowest BCUT2D eigenvalue weighted by Crippen LogP contribution is -2.42. The molecule has 8 heteroatoms. The van der Waals surface area contributed by atoms with Gasteiger partial charge in [0.2, 0.25) is 17.7 Å². The van der Waals surface area contributed by atoms with Crippen molar-refractivity contribution in [2.75, 3.05) is 5.32 Å². The number of nitriles is 1. The van der Waals surface area contributed by atoms with Gasteiger partial charge in [0, 0.05) is 15.7 Å². The molecular weight excluding hydrogens is 434 g/mol. The lowest BCUT2D eigenvalue weighted by Gasteiger charge is -2.32. The third kappa shape index (κ3) is 2.16. The Morgan fingerprint density at radius 3 is 2.76 bits per heavy atom. The van der Waals surface area contributed by atoms with Crippen molar-refractivity contribution in [2.45, 2.75) is 12.3 Å². The number of carbonyl (C=O) groups is 1. The van der Waals surface area contributed by atoms with Gasteiger partial charge in [0.05, 0.1) is 16.9 Å². The van der Waals surface area contributed by atoms with E-state index in [9.17, 15) is 10.1 Å². The number of rotatable bonds is 1. The lowest BCUT2D eigenvalue weighted by molar-refractivity contribution is -0.118. The molecule has 0 radical (unpaired) electrons. The van der Waals surface area contributed by atoms with E-state index in [0.29, 0.717) is 28.4 Å². The SMILES string of the molecule is Cc1nn(-c2ccccc2)c2c1[C@@]1(C(=O)Nc3ccc(Br)cc31)C(C#N)=C(N)O2. The molecule has 2 aliphatic rings. The number of hydrogen-bond donors (Lipinski definition) is 2. The topological polar surface area (TPSA) is 106 Å². The second-order valence-corrected chi connectivity index (χ2v) is 7.78. The van der Waals surface area contributed by atoms with Gasteiger partial charge in [-0.3, -0.25) is 4.79 Å². The molecule has 2 aromatic carbocycles. The fourth-order valence-corrected chi connectivity index (χ4v) is 4.51. The summed E-state index contributed by atoms with van der Waals surface area (Å²) in [5.74, 6) is -0.140. The number of carbonyl (C=O) groups excluding carboxylic acids is 1. The fourth-order valence-electron chi connectivity index (χ4n) is 4.15. The first-order chi connectivity index (χ1) is 14.0. The highest BCUT2D eigenvalue weighted by Crippen LogP contribution is 2.54. The van der Waals surface area contributed by atoms with E-state index in [1.165, 1.54) is 0 Å². The fraction of sp³-hybridized carbons (Fsp3) is 0.0952. The van der Waals surface area contributed by atoms with Crippen LogP contribution in [-0.4, -0.2) is 15.7 Å². The molecule has 0 fully saturated rings. The second kappa shape index (κ2) is 5.96. The van der Waals surface area contributed by atoms with Crippen molar-refractivity contribution < 1.29 is 9.53 Å². The molecule has 1 spiro atoms. The quantitative estimate of drug-likeness (QED) is 0.595. The molecule has 142 valence electrons. The summed E-state index contributed by atoms with van der Waals surface area (Å²) in [6, 6.07) is 17.0. The minimum Gasteiger partial charge on any atom is -0.422 e. The van der Waals surface area contributed by atoms with Crippen LogP contribution in [0.5, 0.6) is 5.88 Å². The van der Waals surface area contributed by atoms with Crippen molar-refractivity contribution in [1.29, 1.82) is 5.26 Å². The Hall–Kier alpha value is -3.57. The Kier molecular flexibility index (Phi) is 3.60. The first-order valence-electron chi connectivity index (χ1n) is 8.83. The number of aromatic nitrogens is 2. The number of ether oxygens (including phenoxy) is 1. The zero-order chi connectivity index (χ0) is 20.3. The number of amides is 1. The minimum absolute atomic E-state index is 0.0510. The predicted octanol–water partition coefficient (Wildman–Crippen LogP) is 3.27. The summed E-state index contributed by atoms with van der Waals surface area (Å²) < 4.78 is 8.26. The van der Waals surface area contributed by atoms with Crippen LogP contribution in [-0.2, 0) is 10.2 Å². The molecule has 1 atom stereocenters.